The first-order chi connectivity index (χ1) is 11.0. The Morgan fingerprint density at radius 2 is 2.17 bits per heavy atom. The molecule has 0 bridgehead atoms. The van der Waals surface area contributed by atoms with Crippen molar-refractivity contribution < 1.29 is 9.59 Å². The average molecular weight is 315 g/mol. The SMILES string of the molecule is CC1(C)CCCNC1C(=O)Nc1cccc(N2CCCC2=O)c1. The number of piperidine rings is 1. The zero-order valence-corrected chi connectivity index (χ0v) is 13.9. The van der Waals surface area contributed by atoms with Gasteiger partial charge in [-0.15, -0.1) is 0 Å². The van der Waals surface area contributed by atoms with Gasteiger partial charge < -0.3 is 15.5 Å². The summed E-state index contributed by atoms with van der Waals surface area (Å²) in [5.74, 6) is 0.156. The summed E-state index contributed by atoms with van der Waals surface area (Å²) in [5.41, 5.74) is 1.56. The van der Waals surface area contributed by atoms with Gasteiger partial charge in [0.05, 0.1) is 6.04 Å². The number of amides is 2. The van der Waals surface area contributed by atoms with Crippen LogP contribution in [-0.2, 0) is 9.59 Å². The van der Waals surface area contributed by atoms with Crippen molar-refractivity contribution in [3.8, 4) is 0 Å². The molecule has 2 aliphatic rings. The van der Waals surface area contributed by atoms with E-state index in [1.165, 1.54) is 0 Å². The number of hydrogen-bond acceptors (Lipinski definition) is 3. The Kier molecular flexibility index (Phi) is 4.39. The molecule has 1 aromatic rings. The van der Waals surface area contributed by atoms with Crippen molar-refractivity contribution in [2.24, 2.45) is 5.41 Å². The average Bonchev–Trinajstić information content (AvgIpc) is 2.93. The molecule has 0 radical (unpaired) electrons. The summed E-state index contributed by atoms with van der Waals surface area (Å²) in [5, 5.41) is 6.34. The molecular weight excluding hydrogens is 290 g/mol. The third kappa shape index (κ3) is 3.39. The highest BCUT2D eigenvalue weighted by atomic mass is 16.2. The first kappa shape index (κ1) is 16.0. The monoisotopic (exact) mass is 315 g/mol. The van der Waals surface area contributed by atoms with Gasteiger partial charge >= 0.3 is 0 Å². The van der Waals surface area contributed by atoms with E-state index in [1.807, 2.05) is 24.3 Å². The summed E-state index contributed by atoms with van der Waals surface area (Å²) in [6.07, 6.45) is 3.65. The van der Waals surface area contributed by atoms with Crippen LogP contribution in [0.25, 0.3) is 0 Å². The molecule has 0 aliphatic carbocycles. The van der Waals surface area contributed by atoms with Gasteiger partial charge in [-0.25, -0.2) is 0 Å². The van der Waals surface area contributed by atoms with Gasteiger partial charge in [-0.1, -0.05) is 19.9 Å². The second kappa shape index (κ2) is 6.32. The van der Waals surface area contributed by atoms with E-state index in [0.717, 1.165) is 43.7 Å². The van der Waals surface area contributed by atoms with Gasteiger partial charge in [0.2, 0.25) is 11.8 Å². The maximum absolute atomic E-state index is 12.6. The van der Waals surface area contributed by atoms with Crippen LogP contribution in [0, 0.1) is 5.41 Å². The fourth-order valence-corrected chi connectivity index (χ4v) is 3.55. The van der Waals surface area contributed by atoms with Crippen LogP contribution in [-0.4, -0.2) is 30.9 Å². The van der Waals surface area contributed by atoms with E-state index in [2.05, 4.69) is 24.5 Å². The molecule has 2 saturated heterocycles. The van der Waals surface area contributed by atoms with Crippen LogP contribution in [0.4, 0.5) is 11.4 Å². The molecule has 5 heteroatoms. The van der Waals surface area contributed by atoms with Crippen molar-refractivity contribution in [2.75, 3.05) is 23.3 Å². The number of carbonyl (C=O) groups is 2. The largest absolute Gasteiger partial charge is 0.325 e. The zero-order valence-electron chi connectivity index (χ0n) is 13.9. The zero-order chi connectivity index (χ0) is 16.4. The van der Waals surface area contributed by atoms with Crippen LogP contribution in [0.3, 0.4) is 0 Å². The Hall–Kier alpha value is -1.88. The fraction of sp³-hybridized carbons (Fsp3) is 0.556. The summed E-state index contributed by atoms with van der Waals surface area (Å²) in [4.78, 5) is 26.3. The van der Waals surface area contributed by atoms with Gasteiger partial charge in [-0.05, 0) is 49.4 Å². The van der Waals surface area contributed by atoms with Crippen molar-refractivity contribution in [1.29, 1.82) is 0 Å². The molecule has 2 aliphatic heterocycles. The number of nitrogens with one attached hydrogen (secondary N) is 2. The summed E-state index contributed by atoms with van der Waals surface area (Å²) in [7, 11) is 0. The van der Waals surface area contributed by atoms with Crippen molar-refractivity contribution in [1.82, 2.24) is 5.32 Å². The van der Waals surface area contributed by atoms with Crippen molar-refractivity contribution >= 4 is 23.2 Å². The van der Waals surface area contributed by atoms with Crippen molar-refractivity contribution in [3.63, 3.8) is 0 Å². The first-order valence-electron chi connectivity index (χ1n) is 8.42. The summed E-state index contributed by atoms with van der Waals surface area (Å²) in [6.45, 7) is 5.89. The molecule has 2 amide bonds. The van der Waals surface area contributed by atoms with Gasteiger partial charge in [0.25, 0.3) is 0 Å². The molecule has 2 heterocycles. The van der Waals surface area contributed by atoms with E-state index in [1.54, 1.807) is 4.90 Å². The van der Waals surface area contributed by atoms with Gasteiger partial charge in [0.15, 0.2) is 0 Å². The lowest BCUT2D eigenvalue weighted by Gasteiger charge is -2.38. The molecule has 124 valence electrons. The number of anilines is 2. The Morgan fingerprint density at radius 3 is 2.87 bits per heavy atom. The van der Waals surface area contributed by atoms with Gasteiger partial charge in [-0.2, -0.15) is 0 Å². The van der Waals surface area contributed by atoms with E-state index in [-0.39, 0.29) is 23.3 Å². The topological polar surface area (TPSA) is 61.4 Å². The van der Waals surface area contributed by atoms with Gasteiger partial charge in [0, 0.05) is 24.3 Å². The standard InChI is InChI=1S/C18H25N3O2/c1-18(2)9-5-10-19-16(18)17(23)20-13-6-3-7-14(12-13)21-11-4-8-15(21)22/h3,6-7,12,16,19H,4-5,8-11H2,1-2H3,(H,20,23). The number of hydrogen-bond donors (Lipinski definition) is 2. The highest BCUT2D eigenvalue weighted by molar-refractivity contribution is 5.98. The van der Waals surface area contributed by atoms with Gasteiger partial charge in [-0.3, -0.25) is 9.59 Å². The van der Waals surface area contributed by atoms with E-state index in [4.69, 9.17) is 0 Å². The Morgan fingerprint density at radius 1 is 1.35 bits per heavy atom. The van der Waals surface area contributed by atoms with Crippen LogP contribution in [0.15, 0.2) is 24.3 Å². The van der Waals surface area contributed by atoms with Crippen LogP contribution in [0.1, 0.15) is 39.5 Å². The van der Waals surface area contributed by atoms with Crippen LogP contribution in [0.2, 0.25) is 0 Å². The summed E-state index contributed by atoms with van der Waals surface area (Å²) >= 11 is 0. The predicted molar refractivity (Wildman–Crippen MR) is 91.5 cm³/mol. The lowest BCUT2D eigenvalue weighted by atomic mass is 9.77. The number of nitrogens with zero attached hydrogens (tertiary/aromatic N) is 1. The second-order valence-electron chi connectivity index (χ2n) is 7.17. The quantitative estimate of drug-likeness (QED) is 0.901. The minimum absolute atomic E-state index is 0.000372. The summed E-state index contributed by atoms with van der Waals surface area (Å²) < 4.78 is 0. The predicted octanol–water partition coefficient (Wildman–Crippen LogP) is 2.53. The van der Waals surface area contributed by atoms with Gasteiger partial charge in [0.1, 0.15) is 0 Å². The molecule has 0 aromatic heterocycles. The molecule has 1 aromatic carbocycles. The number of carbonyl (C=O) groups excluding carboxylic acids is 2. The third-order valence-corrected chi connectivity index (χ3v) is 4.89. The highest BCUT2D eigenvalue weighted by Gasteiger charge is 2.37. The smallest absolute Gasteiger partial charge is 0.242 e. The minimum Gasteiger partial charge on any atom is -0.325 e. The Labute approximate surface area is 137 Å². The molecule has 23 heavy (non-hydrogen) atoms. The summed E-state index contributed by atoms with van der Waals surface area (Å²) in [6, 6.07) is 7.38. The van der Waals surface area contributed by atoms with Crippen LogP contribution >= 0.6 is 0 Å². The Bertz CT molecular complexity index is 612. The number of rotatable bonds is 3. The molecular formula is C18H25N3O2. The molecule has 3 rings (SSSR count). The molecule has 0 spiro atoms. The van der Waals surface area contributed by atoms with E-state index in [9.17, 15) is 9.59 Å². The van der Waals surface area contributed by atoms with Crippen LogP contribution in [0.5, 0.6) is 0 Å². The maximum Gasteiger partial charge on any atom is 0.242 e. The molecule has 0 saturated carbocycles. The normalized spacial score (nSPS) is 23.8. The maximum atomic E-state index is 12.6. The molecule has 2 fully saturated rings. The highest BCUT2D eigenvalue weighted by Crippen LogP contribution is 2.31. The first-order valence-corrected chi connectivity index (χ1v) is 8.42. The van der Waals surface area contributed by atoms with E-state index < -0.39 is 0 Å². The fourth-order valence-electron chi connectivity index (χ4n) is 3.55. The molecule has 1 unspecified atom stereocenters. The van der Waals surface area contributed by atoms with Crippen LogP contribution < -0.4 is 15.5 Å². The molecule has 2 N–H and O–H groups in total. The second-order valence-corrected chi connectivity index (χ2v) is 7.17. The molecule has 5 nitrogen and oxygen atoms in total. The minimum atomic E-state index is -0.187. The third-order valence-electron chi connectivity index (χ3n) is 4.89. The Balaban J connectivity index is 1.72. The van der Waals surface area contributed by atoms with Crippen molar-refractivity contribution in [2.45, 2.75) is 45.6 Å². The van der Waals surface area contributed by atoms with Crippen molar-refractivity contribution in [3.05, 3.63) is 24.3 Å². The lowest BCUT2D eigenvalue weighted by Crippen LogP contribution is -2.53. The van der Waals surface area contributed by atoms with E-state index in [0.29, 0.717) is 6.42 Å². The number of benzene rings is 1. The van der Waals surface area contributed by atoms with E-state index >= 15 is 0 Å². The lowest BCUT2D eigenvalue weighted by molar-refractivity contribution is -0.121. The molecule has 1 atom stereocenters.